The third kappa shape index (κ3) is 5.21. The number of rotatable bonds is 7. The van der Waals surface area contributed by atoms with Crippen LogP contribution in [-0.2, 0) is 0 Å². The van der Waals surface area contributed by atoms with Crippen LogP contribution in [-0.4, -0.2) is 30.3 Å². The topological polar surface area (TPSA) is 103 Å². The molecule has 0 heterocycles. The van der Waals surface area contributed by atoms with Crippen LogP contribution in [0.4, 0.5) is 14.5 Å². The molecule has 142 valence electrons. The highest BCUT2D eigenvalue weighted by atomic mass is 19.3. The third-order valence-electron chi connectivity index (χ3n) is 3.46. The van der Waals surface area contributed by atoms with Gasteiger partial charge in [0.05, 0.1) is 17.7 Å². The average Bonchev–Trinajstić information content (AvgIpc) is 2.65. The predicted molar refractivity (Wildman–Crippen MR) is 92.4 cm³/mol. The highest BCUT2D eigenvalue weighted by Crippen LogP contribution is 2.29. The Morgan fingerprint density at radius 2 is 1.78 bits per heavy atom. The van der Waals surface area contributed by atoms with Crippen molar-refractivity contribution in [3.05, 3.63) is 63.7 Å². The van der Waals surface area contributed by atoms with E-state index in [-0.39, 0.29) is 22.7 Å². The van der Waals surface area contributed by atoms with Crippen LogP contribution in [0.25, 0.3) is 0 Å². The molecule has 0 spiro atoms. The number of non-ortho nitro benzene ring substituents is 1. The van der Waals surface area contributed by atoms with Crippen molar-refractivity contribution in [2.75, 3.05) is 7.11 Å². The summed E-state index contributed by atoms with van der Waals surface area (Å²) in [5.41, 5.74) is 3.27. The van der Waals surface area contributed by atoms with Crippen LogP contribution in [0.3, 0.4) is 0 Å². The zero-order valence-corrected chi connectivity index (χ0v) is 14.3. The van der Waals surface area contributed by atoms with Gasteiger partial charge in [0.15, 0.2) is 11.5 Å². The Labute approximate surface area is 152 Å². The largest absolute Gasteiger partial charge is 0.493 e. The van der Waals surface area contributed by atoms with Crippen molar-refractivity contribution in [2.45, 2.75) is 13.5 Å². The van der Waals surface area contributed by atoms with Crippen LogP contribution >= 0.6 is 0 Å². The van der Waals surface area contributed by atoms with Gasteiger partial charge in [-0.15, -0.1) is 0 Å². The van der Waals surface area contributed by atoms with Gasteiger partial charge >= 0.3 is 6.61 Å². The number of nitrogens with zero attached hydrogens (tertiary/aromatic N) is 2. The van der Waals surface area contributed by atoms with E-state index in [1.165, 1.54) is 49.6 Å². The van der Waals surface area contributed by atoms with Crippen molar-refractivity contribution in [3.63, 3.8) is 0 Å². The first-order valence-electron chi connectivity index (χ1n) is 7.54. The Bertz CT molecular complexity index is 869. The van der Waals surface area contributed by atoms with Crippen molar-refractivity contribution in [1.29, 1.82) is 0 Å². The quantitative estimate of drug-likeness (QED) is 0.451. The second-order valence-electron chi connectivity index (χ2n) is 5.19. The number of ether oxygens (including phenoxy) is 2. The predicted octanol–water partition coefficient (Wildman–Crippen LogP) is 3.36. The monoisotopic (exact) mass is 379 g/mol. The van der Waals surface area contributed by atoms with E-state index >= 15 is 0 Å². The van der Waals surface area contributed by atoms with E-state index in [1.807, 2.05) is 0 Å². The van der Waals surface area contributed by atoms with E-state index in [2.05, 4.69) is 15.3 Å². The summed E-state index contributed by atoms with van der Waals surface area (Å²) in [5, 5.41) is 14.5. The minimum Gasteiger partial charge on any atom is -0.493 e. The lowest BCUT2D eigenvalue weighted by Gasteiger charge is -2.11. The standard InChI is InChI=1S/C17H15F2N3O5/c1-10(12-5-8-14(27-17(18)19)15(9-12)26-2)20-21-16(23)11-3-6-13(7-4-11)22(24)25/h3-9,17H,1-2H3,(H,21,23)/b20-10-. The number of nitro groups is 1. The van der Waals surface area contributed by atoms with Gasteiger partial charge in [0.2, 0.25) is 0 Å². The van der Waals surface area contributed by atoms with Crippen LogP contribution < -0.4 is 14.9 Å². The van der Waals surface area contributed by atoms with Crippen LogP contribution in [0.1, 0.15) is 22.8 Å². The summed E-state index contributed by atoms with van der Waals surface area (Å²) in [6, 6.07) is 9.25. The molecule has 2 aromatic carbocycles. The van der Waals surface area contributed by atoms with E-state index < -0.39 is 17.4 Å². The summed E-state index contributed by atoms with van der Waals surface area (Å²) in [6.45, 7) is -1.39. The molecule has 2 rings (SSSR count). The molecule has 10 heteroatoms. The van der Waals surface area contributed by atoms with Crippen molar-refractivity contribution in [3.8, 4) is 11.5 Å². The number of carbonyl (C=O) groups is 1. The van der Waals surface area contributed by atoms with Crippen molar-refractivity contribution < 1.29 is 28.0 Å². The third-order valence-corrected chi connectivity index (χ3v) is 3.46. The highest BCUT2D eigenvalue weighted by molar-refractivity contribution is 6.01. The van der Waals surface area contributed by atoms with Crippen LogP contribution in [0.15, 0.2) is 47.6 Å². The molecule has 1 N–H and O–H groups in total. The summed E-state index contributed by atoms with van der Waals surface area (Å²) in [6.07, 6.45) is 0. The van der Waals surface area contributed by atoms with Gasteiger partial charge < -0.3 is 9.47 Å². The second-order valence-corrected chi connectivity index (χ2v) is 5.19. The van der Waals surface area contributed by atoms with Gasteiger partial charge in [-0.25, -0.2) is 5.43 Å². The molecule has 0 aliphatic heterocycles. The van der Waals surface area contributed by atoms with Gasteiger partial charge in [-0.2, -0.15) is 13.9 Å². The first-order valence-corrected chi connectivity index (χ1v) is 7.54. The van der Waals surface area contributed by atoms with Crippen LogP contribution in [0, 0.1) is 10.1 Å². The lowest BCUT2D eigenvalue weighted by molar-refractivity contribution is -0.384. The number of hydrazone groups is 1. The number of methoxy groups -OCH3 is 1. The van der Waals surface area contributed by atoms with Crippen molar-refractivity contribution in [1.82, 2.24) is 5.43 Å². The van der Waals surface area contributed by atoms with Gasteiger partial charge in [-0.1, -0.05) is 0 Å². The SMILES string of the molecule is COc1cc(/C(C)=N\NC(=O)c2ccc([N+](=O)[O-])cc2)ccc1OC(F)F. The summed E-state index contributed by atoms with van der Waals surface area (Å²) < 4.78 is 34.0. The smallest absolute Gasteiger partial charge is 0.387 e. The van der Waals surface area contributed by atoms with E-state index in [1.54, 1.807) is 6.92 Å². The van der Waals surface area contributed by atoms with E-state index in [4.69, 9.17) is 4.74 Å². The van der Waals surface area contributed by atoms with Gasteiger partial charge in [-0.05, 0) is 37.3 Å². The molecule has 0 unspecified atom stereocenters. The first kappa shape index (κ1) is 19.8. The van der Waals surface area contributed by atoms with Gasteiger partial charge in [0.25, 0.3) is 11.6 Å². The fourth-order valence-corrected chi connectivity index (χ4v) is 2.08. The number of benzene rings is 2. The van der Waals surface area contributed by atoms with E-state index in [0.717, 1.165) is 0 Å². The molecule has 0 saturated heterocycles. The van der Waals surface area contributed by atoms with Crippen molar-refractivity contribution in [2.24, 2.45) is 5.10 Å². The fourth-order valence-electron chi connectivity index (χ4n) is 2.08. The Kier molecular flexibility index (Phi) is 6.36. The highest BCUT2D eigenvalue weighted by Gasteiger charge is 2.13. The molecule has 0 atom stereocenters. The van der Waals surface area contributed by atoms with Crippen LogP contribution in [0.2, 0.25) is 0 Å². The maximum atomic E-state index is 12.3. The summed E-state index contributed by atoms with van der Waals surface area (Å²) in [4.78, 5) is 22.1. The number of alkyl halides is 2. The fraction of sp³-hybridized carbons (Fsp3) is 0.176. The molecular formula is C17H15F2N3O5. The molecule has 0 aliphatic rings. The molecule has 0 fully saturated rings. The second kappa shape index (κ2) is 8.70. The Morgan fingerprint density at radius 1 is 1.15 bits per heavy atom. The molecular weight excluding hydrogens is 364 g/mol. The molecule has 0 bridgehead atoms. The average molecular weight is 379 g/mol. The summed E-state index contributed by atoms with van der Waals surface area (Å²) >= 11 is 0. The zero-order chi connectivity index (χ0) is 20.0. The normalized spacial score (nSPS) is 11.2. The van der Waals surface area contributed by atoms with Crippen LogP contribution in [0.5, 0.6) is 11.5 Å². The molecule has 0 saturated carbocycles. The number of halogens is 2. The molecule has 2 aromatic rings. The van der Waals surface area contributed by atoms with Gasteiger partial charge in [0, 0.05) is 23.3 Å². The Balaban J connectivity index is 2.12. The van der Waals surface area contributed by atoms with Gasteiger partial charge in [0.1, 0.15) is 0 Å². The minimum absolute atomic E-state index is 0.0871. The lowest BCUT2D eigenvalue weighted by atomic mass is 10.1. The number of amides is 1. The maximum Gasteiger partial charge on any atom is 0.387 e. The van der Waals surface area contributed by atoms with Crippen molar-refractivity contribution >= 4 is 17.3 Å². The minimum atomic E-state index is -2.99. The lowest BCUT2D eigenvalue weighted by Crippen LogP contribution is -2.19. The Hall–Kier alpha value is -3.56. The molecule has 27 heavy (non-hydrogen) atoms. The number of nitrogens with one attached hydrogen (secondary N) is 1. The molecule has 0 aromatic heterocycles. The summed E-state index contributed by atoms with van der Waals surface area (Å²) in [5.74, 6) is -0.600. The molecule has 0 aliphatic carbocycles. The van der Waals surface area contributed by atoms with E-state index in [0.29, 0.717) is 11.3 Å². The molecule has 1 amide bonds. The van der Waals surface area contributed by atoms with E-state index in [9.17, 15) is 23.7 Å². The zero-order valence-electron chi connectivity index (χ0n) is 14.3. The number of carbonyl (C=O) groups excluding carboxylic acids is 1. The maximum absolute atomic E-state index is 12.3. The molecule has 0 radical (unpaired) electrons. The number of nitro benzene ring substituents is 1. The molecule has 8 nitrogen and oxygen atoms in total. The number of hydrogen-bond donors (Lipinski definition) is 1. The van der Waals surface area contributed by atoms with Gasteiger partial charge in [-0.3, -0.25) is 14.9 Å². The Morgan fingerprint density at radius 3 is 2.33 bits per heavy atom. The number of hydrogen-bond acceptors (Lipinski definition) is 6. The first-order chi connectivity index (χ1) is 12.8. The summed E-state index contributed by atoms with van der Waals surface area (Å²) in [7, 11) is 1.31.